The molecule has 0 radical (unpaired) electrons. The zero-order valence-electron chi connectivity index (χ0n) is 10.9. The summed E-state index contributed by atoms with van der Waals surface area (Å²) in [7, 11) is 0. The molecule has 1 amide bonds. The number of carbonyl (C=O) groups excluding carboxylic acids is 1. The molecule has 1 atom stereocenters. The van der Waals surface area contributed by atoms with Gasteiger partial charge in [0, 0.05) is 25.0 Å². The molecule has 8 heteroatoms. The maximum Gasteiger partial charge on any atom is 0.270 e. The molecule has 1 unspecified atom stereocenters. The molecule has 1 saturated heterocycles. The quantitative estimate of drug-likeness (QED) is 0.929. The van der Waals surface area contributed by atoms with Gasteiger partial charge in [-0.25, -0.2) is 4.98 Å². The van der Waals surface area contributed by atoms with E-state index >= 15 is 0 Å². The van der Waals surface area contributed by atoms with Crippen LogP contribution in [0.3, 0.4) is 0 Å². The van der Waals surface area contributed by atoms with Gasteiger partial charge in [0.15, 0.2) is 5.82 Å². The first-order chi connectivity index (χ1) is 9.83. The van der Waals surface area contributed by atoms with Crippen LogP contribution >= 0.6 is 23.1 Å². The molecule has 0 spiro atoms. The molecule has 6 nitrogen and oxygen atoms in total. The average molecular weight is 309 g/mol. The van der Waals surface area contributed by atoms with Crippen LogP contribution < -0.4 is 10.2 Å². The maximum absolute atomic E-state index is 11.9. The summed E-state index contributed by atoms with van der Waals surface area (Å²) in [5.74, 6) is 1.32. The van der Waals surface area contributed by atoms with E-state index in [1.165, 1.54) is 23.1 Å². The van der Waals surface area contributed by atoms with Crippen LogP contribution in [0.1, 0.15) is 23.3 Å². The van der Waals surface area contributed by atoms with Crippen molar-refractivity contribution in [1.82, 2.24) is 19.0 Å². The molecular weight excluding hydrogens is 294 g/mol. The number of aromatic nitrogens is 3. The van der Waals surface area contributed by atoms with E-state index < -0.39 is 0 Å². The van der Waals surface area contributed by atoms with E-state index in [-0.39, 0.29) is 5.91 Å². The second-order valence-corrected chi connectivity index (χ2v) is 6.08. The van der Waals surface area contributed by atoms with Crippen molar-refractivity contribution in [2.24, 2.45) is 5.92 Å². The Morgan fingerprint density at radius 2 is 2.50 bits per heavy atom. The first-order valence-corrected chi connectivity index (χ1v) is 8.19. The molecule has 2 aromatic rings. The summed E-state index contributed by atoms with van der Waals surface area (Å²) in [4.78, 5) is 18.1. The molecule has 0 bridgehead atoms. The van der Waals surface area contributed by atoms with Crippen molar-refractivity contribution in [3.8, 4) is 0 Å². The van der Waals surface area contributed by atoms with Crippen LogP contribution in [-0.2, 0) is 0 Å². The molecule has 106 valence electrons. The molecule has 0 aromatic carbocycles. The van der Waals surface area contributed by atoms with Gasteiger partial charge in [0.05, 0.1) is 23.4 Å². The van der Waals surface area contributed by atoms with Crippen molar-refractivity contribution in [3.05, 3.63) is 22.8 Å². The van der Waals surface area contributed by atoms with Gasteiger partial charge in [0.1, 0.15) is 5.69 Å². The third-order valence-corrected chi connectivity index (χ3v) is 4.46. The second-order valence-electron chi connectivity index (χ2n) is 4.80. The lowest BCUT2D eigenvalue weighted by Crippen LogP contribution is -2.41. The zero-order chi connectivity index (χ0) is 13.8. The molecule has 20 heavy (non-hydrogen) atoms. The molecule has 2 aromatic heterocycles. The summed E-state index contributed by atoms with van der Waals surface area (Å²) in [6, 6.07) is 0. The maximum atomic E-state index is 11.9. The van der Waals surface area contributed by atoms with Gasteiger partial charge in [0.25, 0.3) is 5.91 Å². The number of carbonyl (C=O) groups is 1. The predicted molar refractivity (Wildman–Crippen MR) is 79.3 cm³/mol. The Hall–Kier alpha value is -1.54. The first kappa shape index (κ1) is 13.4. The minimum absolute atomic E-state index is 0.0845. The average Bonchev–Trinajstić information content (AvgIpc) is 3.17. The highest BCUT2D eigenvalue weighted by Crippen LogP contribution is 2.21. The number of nitrogens with one attached hydrogen (secondary N) is 1. The van der Waals surface area contributed by atoms with Crippen molar-refractivity contribution in [2.45, 2.75) is 12.8 Å². The van der Waals surface area contributed by atoms with Gasteiger partial charge in [0.2, 0.25) is 0 Å². The lowest BCUT2D eigenvalue weighted by atomic mass is 9.98. The fourth-order valence-electron chi connectivity index (χ4n) is 2.39. The highest BCUT2D eigenvalue weighted by atomic mass is 32.1. The van der Waals surface area contributed by atoms with Gasteiger partial charge < -0.3 is 10.2 Å². The Labute approximate surface area is 125 Å². The number of hydrogen-bond donors (Lipinski definition) is 1. The molecule has 3 rings (SSSR count). The van der Waals surface area contributed by atoms with Gasteiger partial charge in [-0.05, 0) is 18.8 Å². The summed E-state index contributed by atoms with van der Waals surface area (Å²) >= 11 is 2.67. The van der Waals surface area contributed by atoms with Gasteiger partial charge in [-0.3, -0.25) is 4.79 Å². The van der Waals surface area contributed by atoms with E-state index in [4.69, 9.17) is 0 Å². The fourth-order valence-corrected chi connectivity index (χ4v) is 3.36. The Kier molecular flexibility index (Phi) is 4.22. The fraction of sp³-hybridized carbons (Fsp3) is 0.500. The number of thiazole rings is 1. The number of anilines is 1. The topological polar surface area (TPSA) is 71.0 Å². The predicted octanol–water partition coefficient (Wildman–Crippen LogP) is 1.64. The summed E-state index contributed by atoms with van der Waals surface area (Å²) < 4.78 is 8.31. The normalized spacial score (nSPS) is 19.0. The van der Waals surface area contributed by atoms with E-state index in [1.807, 2.05) is 0 Å². The Morgan fingerprint density at radius 1 is 1.55 bits per heavy atom. The van der Waals surface area contributed by atoms with E-state index in [1.54, 1.807) is 17.1 Å². The van der Waals surface area contributed by atoms with Crippen LogP contribution in [0.4, 0.5) is 5.82 Å². The van der Waals surface area contributed by atoms with Crippen molar-refractivity contribution in [3.63, 3.8) is 0 Å². The molecule has 1 fully saturated rings. The highest BCUT2D eigenvalue weighted by Gasteiger charge is 2.22. The first-order valence-electron chi connectivity index (χ1n) is 6.52. The third kappa shape index (κ3) is 3.13. The van der Waals surface area contributed by atoms with Crippen molar-refractivity contribution < 1.29 is 4.79 Å². The minimum Gasteiger partial charge on any atom is -0.354 e. The van der Waals surface area contributed by atoms with Crippen LogP contribution in [0.15, 0.2) is 17.1 Å². The van der Waals surface area contributed by atoms with Gasteiger partial charge in [-0.15, -0.1) is 11.3 Å². The standard InChI is InChI=1S/C12H15N5OS2/c18-12(10-7-19-8-14-10)13-4-9-2-1-3-17(6-9)11-5-15-20-16-11/h5,7-9H,1-4,6H2,(H,13,18). The summed E-state index contributed by atoms with van der Waals surface area (Å²) in [6.45, 7) is 2.62. The van der Waals surface area contributed by atoms with Crippen LogP contribution in [0.5, 0.6) is 0 Å². The number of rotatable bonds is 4. The number of hydrogen-bond acceptors (Lipinski definition) is 7. The minimum atomic E-state index is -0.0845. The summed E-state index contributed by atoms with van der Waals surface area (Å²) in [5, 5.41) is 4.73. The number of piperidine rings is 1. The number of nitrogens with zero attached hydrogens (tertiary/aromatic N) is 4. The Morgan fingerprint density at radius 3 is 3.25 bits per heavy atom. The molecule has 3 heterocycles. The Balaban J connectivity index is 1.52. The van der Waals surface area contributed by atoms with E-state index in [0.29, 0.717) is 18.2 Å². The smallest absolute Gasteiger partial charge is 0.270 e. The molecular formula is C12H15N5OS2. The second kappa shape index (κ2) is 6.27. The zero-order valence-corrected chi connectivity index (χ0v) is 12.5. The van der Waals surface area contributed by atoms with E-state index in [2.05, 4.69) is 23.9 Å². The largest absolute Gasteiger partial charge is 0.354 e. The van der Waals surface area contributed by atoms with Crippen LogP contribution in [-0.4, -0.2) is 39.3 Å². The van der Waals surface area contributed by atoms with Crippen LogP contribution in [0, 0.1) is 5.92 Å². The lowest BCUT2D eigenvalue weighted by molar-refractivity contribution is 0.0941. The highest BCUT2D eigenvalue weighted by molar-refractivity contribution is 7.07. The summed E-state index contributed by atoms with van der Waals surface area (Å²) in [5.41, 5.74) is 2.18. The molecule has 1 aliphatic rings. The number of amides is 1. The van der Waals surface area contributed by atoms with E-state index in [9.17, 15) is 4.79 Å². The molecule has 1 N–H and O–H groups in total. The van der Waals surface area contributed by atoms with Gasteiger partial charge in [-0.1, -0.05) is 0 Å². The third-order valence-electron chi connectivity index (χ3n) is 3.41. The monoisotopic (exact) mass is 309 g/mol. The molecule has 1 aliphatic heterocycles. The van der Waals surface area contributed by atoms with Crippen molar-refractivity contribution >= 4 is 34.8 Å². The van der Waals surface area contributed by atoms with Crippen LogP contribution in [0.25, 0.3) is 0 Å². The van der Waals surface area contributed by atoms with Crippen LogP contribution in [0.2, 0.25) is 0 Å². The van der Waals surface area contributed by atoms with Crippen molar-refractivity contribution in [2.75, 3.05) is 24.5 Å². The lowest BCUT2D eigenvalue weighted by Gasteiger charge is -2.32. The Bertz CT molecular complexity index is 542. The van der Waals surface area contributed by atoms with Crippen molar-refractivity contribution in [1.29, 1.82) is 0 Å². The van der Waals surface area contributed by atoms with Gasteiger partial charge in [-0.2, -0.15) is 8.75 Å². The molecule has 0 saturated carbocycles. The summed E-state index contributed by atoms with van der Waals surface area (Å²) in [6.07, 6.45) is 4.06. The van der Waals surface area contributed by atoms with Gasteiger partial charge >= 0.3 is 0 Å². The SMILES string of the molecule is O=C(NCC1CCCN(c2cnsn2)C1)c1cscn1. The van der Waals surface area contributed by atoms with E-state index in [0.717, 1.165) is 31.7 Å². The molecule has 0 aliphatic carbocycles.